The van der Waals surface area contributed by atoms with Gasteiger partial charge in [0.15, 0.2) is 12.7 Å². The minimum Gasteiger partial charge on any atom is -0.390 e. The molecule has 33 heavy (non-hydrogen) atoms. The Hall–Kier alpha value is -2.72. The Kier molecular flexibility index (Phi) is 10.5. The van der Waals surface area contributed by atoms with Crippen molar-refractivity contribution in [2.24, 2.45) is 5.41 Å². The van der Waals surface area contributed by atoms with Gasteiger partial charge >= 0.3 is 0 Å². The minimum absolute atomic E-state index is 0.0453. The topological polar surface area (TPSA) is 53.2 Å². The lowest BCUT2D eigenvalue weighted by Crippen LogP contribution is -2.38. The molecular formula is C29H41N2O2+. The zero-order valence-corrected chi connectivity index (χ0v) is 21.0. The highest BCUT2D eigenvalue weighted by atomic mass is 16.3. The normalized spacial score (nSPS) is 17.0. The van der Waals surface area contributed by atoms with Gasteiger partial charge in [0.05, 0.1) is 0 Å². The Morgan fingerprint density at radius 2 is 2.03 bits per heavy atom. The van der Waals surface area contributed by atoms with Crippen molar-refractivity contribution in [3.63, 3.8) is 0 Å². The molecule has 0 unspecified atom stereocenters. The van der Waals surface area contributed by atoms with Gasteiger partial charge in [0.1, 0.15) is 6.61 Å². The number of aromatic nitrogens is 1. The fourth-order valence-corrected chi connectivity index (χ4v) is 4.18. The Morgan fingerprint density at radius 1 is 1.24 bits per heavy atom. The highest BCUT2D eigenvalue weighted by Gasteiger charge is 2.26. The van der Waals surface area contributed by atoms with Crippen LogP contribution in [0.3, 0.4) is 0 Å². The average molecular weight is 450 g/mol. The van der Waals surface area contributed by atoms with Crippen LogP contribution in [-0.2, 0) is 11.3 Å². The summed E-state index contributed by atoms with van der Waals surface area (Å²) in [5.74, 6) is -0.106. The fourth-order valence-electron chi connectivity index (χ4n) is 4.18. The molecule has 4 nitrogen and oxygen atoms in total. The van der Waals surface area contributed by atoms with Gasteiger partial charge in [-0.05, 0) is 56.1 Å². The Morgan fingerprint density at radius 3 is 2.73 bits per heavy atom. The zero-order chi connectivity index (χ0) is 24.3. The monoisotopic (exact) mass is 449 g/mol. The standard InChI is InChI=1S/C29H40N2O2/c1-6-18-30-28(33)15-13-26-22-25(16-19-31(26)20-21-32)11-7-9-23(2)12-14-27-24(3)10-8-17-29(27,4)5/h7,9,11-16,19,22,32H,6,8,10,17-18,20-21H2,1-5H3/p+1/b11-7+,14-12+,15-13+,23-9+. The maximum atomic E-state index is 11.9. The second-order valence-corrected chi connectivity index (χ2v) is 9.46. The van der Waals surface area contributed by atoms with E-state index in [4.69, 9.17) is 0 Å². The van der Waals surface area contributed by atoms with Crippen molar-refractivity contribution in [3.05, 3.63) is 76.7 Å². The number of pyridine rings is 1. The molecule has 1 aliphatic rings. The summed E-state index contributed by atoms with van der Waals surface area (Å²) >= 11 is 0. The van der Waals surface area contributed by atoms with Gasteiger partial charge in [-0.25, -0.2) is 0 Å². The molecule has 0 aromatic carbocycles. The Balaban J connectivity index is 2.14. The number of hydrogen-bond acceptors (Lipinski definition) is 2. The van der Waals surface area contributed by atoms with Gasteiger partial charge in [-0.2, -0.15) is 4.57 Å². The van der Waals surface area contributed by atoms with Gasteiger partial charge < -0.3 is 10.4 Å². The van der Waals surface area contributed by atoms with Crippen molar-refractivity contribution in [2.75, 3.05) is 13.2 Å². The van der Waals surface area contributed by atoms with Gasteiger partial charge in [-0.3, -0.25) is 4.79 Å². The van der Waals surface area contributed by atoms with Crippen molar-refractivity contribution in [1.29, 1.82) is 0 Å². The molecule has 2 rings (SSSR count). The first-order valence-corrected chi connectivity index (χ1v) is 12.1. The van der Waals surface area contributed by atoms with Crippen LogP contribution in [0.5, 0.6) is 0 Å². The van der Waals surface area contributed by atoms with E-state index in [-0.39, 0.29) is 17.9 Å². The van der Waals surface area contributed by atoms with Crippen molar-refractivity contribution in [1.82, 2.24) is 5.32 Å². The Bertz CT molecular complexity index is 962. The van der Waals surface area contributed by atoms with E-state index in [0.29, 0.717) is 13.1 Å². The molecule has 1 heterocycles. The van der Waals surface area contributed by atoms with Crippen LogP contribution in [0.25, 0.3) is 12.2 Å². The summed E-state index contributed by atoms with van der Waals surface area (Å²) in [5, 5.41) is 12.2. The molecule has 1 aromatic heterocycles. The molecule has 0 fully saturated rings. The summed E-state index contributed by atoms with van der Waals surface area (Å²) in [6.07, 6.45) is 20.6. The van der Waals surface area contributed by atoms with E-state index in [2.05, 4.69) is 63.4 Å². The van der Waals surface area contributed by atoms with Crippen molar-refractivity contribution < 1.29 is 14.5 Å². The number of amides is 1. The molecule has 0 spiro atoms. The molecular weight excluding hydrogens is 408 g/mol. The smallest absolute Gasteiger partial charge is 0.244 e. The highest BCUT2D eigenvalue weighted by molar-refractivity contribution is 5.91. The van der Waals surface area contributed by atoms with E-state index in [0.717, 1.165) is 17.7 Å². The predicted octanol–water partition coefficient (Wildman–Crippen LogP) is 5.55. The van der Waals surface area contributed by atoms with Crippen LogP contribution >= 0.6 is 0 Å². The number of hydrogen-bond donors (Lipinski definition) is 2. The van der Waals surface area contributed by atoms with Crippen molar-refractivity contribution in [3.8, 4) is 0 Å². The number of rotatable bonds is 10. The Labute approximate surface area is 200 Å². The lowest BCUT2D eigenvalue weighted by atomic mass is 9.72. The van der Waals surface area contributed by atoms with E-state index in [1.807, 2.05) is 29.8 Å². The number of nitrogens with zero attached hydrogens (tertiary/aromatic N) is 1. The van der Waals surface area contributed by atoms with Gasteiger partial charge in [0.2, 0.25) is 11.6 Å². The molecule has 1 aromatic rings. The van der Waals surface area contributed by atoms with Crippen LogP contribution in [0.4, 0.5) is 0 Å². The summed E-state index contributed by atoms with van der Waals surface area (Å²) in [6.45, 7) is 12.3. The number of carbonyl (C=O) groups excluding carboxylic acids is 1. The van der Waals surface area contributed by atoms with E-state index in [1.165, 1.54) is 36.0 Å². The number of allylic oxidation sites excluding steroid dienone is 7. The molecule has 0 saturated carbocycles. The van der Waals surface area contributed by atoms with Gasteiger partial charge in [-0.15, -0.1) is 0 Å². The first kappa shape index (κ1) is 26.5. The van der Waals surface area contributed by atoms with Crippen LogP contribution < -0.4 is 9.88 Å². The second-order valence-electron chi connectivity index (χ2n) is 9.46. The maximum Gasteiger partial charge on any atom is 0.244 e. The molecule has 1 aliphatic carbocycles. The number of aliphatic hydroxyl groups is 1. The van der Waals surface area contributed by atoms with E-state index in [1.54, 1.807) is 12.2 Å². The number of aliphatic hydroxyl groups excluding tert-OH is 1. The maximum absolute atomic E-state index is 11.9. The SMILES string of the molecule is CCCNC(=O)/C=C/c1cc(/C=C/C=C(C)/C=C/C2=C(C)CCCC2(C)C)cc[n+]1CCO. The summed E-state index contributed by atoms with van der Waals surface area (Å²) in [6, 6.07) is 4.03. The van der Waals surface area contributed by atoms with Crippen molar-refractivity contribution in [2.45, 2.75) is 66.8 Å². The molecule has 4 heteroatoms. The molecule has 178 valence electrons. The zero-order valence-electron chi connectivity index (χ0n) is 21.0. The summed E-state index contributed by atoms with van der Waals surface area (Å²) < 4.78 is 1.94. The lowest BCUT2D eigenvalue weighted by Gasteiger charge is -2.32. The minimum atomic E-state index is -0.106. The third-order valence-electron chi connectivity index (χ3n) is 6.09. The average Bonchev–Trinajstić information content (AvgIpc) is 2.77. The molecule has 1 amide bonds. The summed E-state index contributed by atoms with van der Waals surface area (Å²) in [5.41, 5.74) is 6.35. The number of nitrogens with one attached hydrogen (secondary N) is 1. The van der Waals surface area contributed by atoms with Crippen molar-refractivity contribution >= 4 is 18.1 Å². The molecule has 2 N–H and O–H groups in total. The molecule has 0 atom stereocenters. The van der Waals surface area contributed by atoms with Crippen LogP contribution in [0.15, 0.2) is 65.4 Å². The fraction of sp³-hybridized carbons (Fsp3) is 0.448. The quantitative estimate of drug-likeness (QED) is 0.280. The number of carbonyl (C=O) groups is 1. The molecule has 0 aliphatic heterocycles. The van der Waals surface area contributed by atoms with Gasteiger partial charge in [-0.1, -0.05) is 62.3 Å². The summed E-state index contributed by atoms with van der Waals surface area (Å²) in [7, 11) is 0. The van der Waals surface area contributed by atoms with Crippen LogP contribution in [0.2, 0.25) is 0 Å². The van der Waals surface area contributed by atoms with Gasteiger partial charge in [0, 0.05) is 30.8 Å². The molecule has 0 bridgehead atoms. The third kappa shape index (κ3) is 8.62. The second kappa shape index (κ2) is 13.1. The van der Waals surface area contributed by atoms with Gasteiger partial charge in [0.25, 0.3) is 0 Å². The highest BCUT2D eigenvalue weighted by Crippen LogP contribution is 2.40. The van der Waals surface area contributed by atoms with Crippen LogP contribution in [-0.4, -0.2) is 24.2 Å². The summed E-state index contributed by atoms with van der Waals surface area (Å²) in [4.78, 5) is 11.9. The first-order chi connectivity index (χ1) is 15.8. The largest absolute Gasteiger partial charge is 0.390 e. The first-order valence-electron chi connectivity index (χ1n) is 12.1. The molecule has 0 radical (unpaired) electrons. The predicted molar refractivity (Wildman–Crippen MR) is 138 cm³/mol. The molecule has 0 saturated heterocycles. The van der Waals surface area contributed by atoms with Crippen LogP contribution in [0.1, 0.15) is 71.6 Å². The van der Waals surface area contributed by atoms with Crippen LogP contribution in [0, 0.1) is 5.41 Å². The third-order valence-corrected chi connectivity index (χ3v) is 6.09. The lowest BCUT2D eigenvalue weighted by molar-refractivity contribution is -0.699. The van der Waals surface area contributed by atoms with E-state index in [9.17, 15) is 9.90 Å². The van der Waals surface area contributed by atoms with E-state index < -0.39 is 0 Å². The van der Waals surface area contributed by atoms with E-state index >= 15 is 0 Å².